The molecule has 27 heavy (non-hydrogen) atoms. The third-order valence-corrected chi connectivity index (χ3v) is 4.73. The molecule has 2 aromatic rings. The van der Waals surface area contributed by atoms with Crippen LogP contribution in [0.4, 0.5) is 0 Å². The topological polar surface area (TPSA) is 88.3 Å². The summed E-state index contributed by atoms with van der Waals surface area (Å²) in [5.41, 5.74) is 0.615. The van der Waals surface area contributed by atoms with Crippen LogP contribution in [-0.2, 0) is 11.2 Å². The molecule has 0 unspecified atom stereocenters. The third kappa shape index (κ3) is 4.72. The van der Waals surface area contributed by atoms with Crippen molar-refractivity contribution in [3.63, 3.8) is 0 Å². The van der Waals surface area contributed by atoms with Crippen LogP contribution in [-0.4, -0.2) is 46.0 Å². The Morgan fingerprint density at radius 1 is 1.26 bits per heavy atom. The Morgan fingerprint density at radius 2 is 2.04 bits per heavy atom. The number of carbonyl (C=O) groups is 2. The lowest BCUT2D eigenvalue weighted by atomic mass is 10.00. The van der Waals surface area contributed by atoms with Crippen molar-refractivity contribution in [2.75, 3.05) is 13.1 Å². The van der Waals surface area contributed by atoms with Crippen molar-refractivity contribution >= 4 is 11.8 Å². The maximum absolute atomic E-state index is 12.8. The number of benzene rings is 1. The Morgan fingerprint density at radius 3 is 2.74 bits per heavy atom. The molecule has 1 fully saturated rings. The monoisotopic (exact) mass is 370 g/mol. The average Bonchev–Trinajstić information content (AvgIpc) is 3.17. The summed E-state index contributed by atoms with van der Waals surface area (Å²) in [6.45, 7) is 5.01. The summed E-state index contributed by atoms with van der Waals surface area (Å²) in [5.74, 6) is 1.18. The lowest BCUT2D eigenvalue weighted by molar-refractivity contribution is -0.126. The molecular formula is C20H26N4O3. The predicted molar refractivity (Wildman–Crippen MR) is 100 cm³/mol. The zero-order chi connectivity index (χ0) is 19.2. The second-order valence-corrected chi connectivity index (χ2v) is 7.12. The molecule has 1 aliphatic heterocycles. The van der Waals surface area contributed by atoms with Crippen LogP contribution in [0.15, 0.2) is 34.9 Å². The van der Waals surface area contributed by atoms with Crippen molar-refractivity contribution in [2.24, 2.45) is 0 Å². The van der Waals surface area contributed by atoms with Gasteiger partial charge in [-0.2, -0.15) is 4.98 Å². The normalized spacial score (nSPS) is 17.1. The van der Waals surface area contributed by atoms with Crippen molar-refractivity contribution in [3.05, 3.63) is 47.6 Å². The number of hydrogen-bond donors (Lipinski definition) is 1. The van der Waals surface area contributed by atoms with Crippen molar-refractivity contribution in [2.45, 2.75) is 51.5 Å². The molecule has 0 bridgehead atoms. The standard InChI is InChI=1S/C20H26N4O3/c1-14(2)18-22-17(27-23-18)11-12-21-19(25)16-10-6-7-13-24(16)20(26)15-8-4-3-5-9-15/h3-5,8-9,14,16H,6-7,10-13H2,1-2H3,(H,21,25)/t16-/m1/s1. The van der Waals surface area contributed by atoms with Crippen LogP contribution in [0.25, 0.3) is 0 Å². The average molecular weight is 370 g/mol. The van der Waals surface area contributed by atoms with Gasteiger partial charge in [0, 0.05) is 31.0 Å². The van der Waals surface area contributed by atoms with E-state index in [4.69, 9.17) is 4.52 Å². The van der Waals surface area contributed by atoms with Crippen LogP contribution in [0.5, 0.6) is 0 Å². The number of nitrogens with zero attached hydrogens (tertiary/aromatic N) is 3. The van der Waals surface area contributed by atoms with Crippen LogP contribution in [0, 0.1) is 0 Å². The molecule has 0 saturated carbocycles. The van der Waals surface area contributed by atoms with E-state index in [9.17, 15) is 9.59 Å². The molecule has 1 aliphatic rings. The van der Waals surface area contributed by atoms with Gasteiger partial charge in [-0.05, 0) is 31.4 Å². The van der Waals surface area contributed by atoms with Crippen LogP contribution >= 0.6 is 0 Å². The van der Waals surface area contributed by atoms with Gasteiger partial charge in [0.2, 0.25) is 11.8 Å². The van der Waals surface area contributed by atoms with Gasteiger partial charge < -0.3 is 14.7 Å². The number of aromatic nitrogens is 2. The number of nitrogens with one attached hydrogen (secondary N) is 1. The highest BCUT2D eigenvalue weighted by molar-refractivity contribution is 5.97. The van der Waals surface area contributed by atoms with E-state index in [2.05, 4.69) is 15.5 Å². The van der Waals surface area contributed by atoms with Crippen LogP contribution in [0.2, 0.25) is 0 Å². The van der Waals surface area contributed by atoms with Gasteiger partial charge in [0.25, 0.3) is 5.91 Å². The molecule has 144 valence electrons. The minimum absolute atomic E-state index is 0.0890. The molecule has 7 nitrogen and oxygen atoms in total. The Balaban J connectivity index is 1.57. The van der Waals surface area contributed by atoms with Gasteiger partial charge in [0.15, 0.2) is 5.82 Å². The Labute approximate surface area is 159 Å². The summed E-state index contributed by atoms with van der Waals surface area (Å²) < 4.78 is 5.19. The highest BCUT2D eigenvalue weighted by Crippen LogP contribution is 2.20. The maximum Gasteiger partial charge on any atom is 0.254 e. The highest BCUT2D eigenvalue weighted by atomic mass is 16.5. The molecule has 1 aromatic heterocycles. The minimum atomic E-state index is -0.430. The molecule has 0 spiro atoms. The van der Waals surface area contributed by atoms with E-state index >= 15 is 0 Å². The molecule has 1 saturated heterocycles. The lowest BCUT2D eigenvalue weighted by Crippen LogP contribution is -2.52. The van der Waals surface area contributed by atoms with Gasteiger partial charge in [-0.1, -0.05) is 37.2 Å². The summed E-state index contributed by atoms with van der Waals surface area (Å²) >= 11 is 0. The van der Waals surface area contributed by atoms with Gasteiger partial charge in [0.1, 0.15) is 6.04 Å². The minimum Gasteiger partial charge on any atom is -0.354 e. The van der Waals surface area contributed by atoms with Crippen LogP contribution < -0.4 is 5.32 Å². The van der Waals surface area contributed by atoms with Gasteiger partial charge in [-0.3, -0.25) is 9.59 Å². The summed E-state index contributed by atoms with van der Waals surface area (Å²) in [7, 11) is 0. The van der Waals surface area contributed by atoms with Crippen molar-refractivity contribution in [1.29, 1.82) is 0 Å². The highest BCUT2D eigenvalue weighted by Gasteiger charge is 2.32. The first-order valence-corrected chi connectivity index (χ1v) is 9.52. The van der Waals surface area contributed by atoms with Crippen molar-refractivity contribution in [3.8, 4) is 0 Å². The van der Waals surface area contributed by atoms with Crippen LogP contribution in [0.3, 0.4) is 0 Å². The number of hydrogen-bond acceptors (Lipinski definition) is 5. The van der Waals surface area contributed by atoms with E-state index in [-0.39, 0.29) is 17.7 Å². The number of carbonyl (C=O) groups excluding carboxylic acids is 2. The van der Waals surface area contributed by atoms with Crippen LogP contribution in [0.1, 0.15) is 61.1 Å². The fourth-order valence-electron chi connectivity index (χ4n) is 3.21. The number of likely N-dealkylation sites (tertiary alicyclic amines) is 1. The molecule has 7 heteroatoms. The lowest BCUT2D eigenvalue weighted by Gasteiger charge is -2.34. The largest absolute Gasteiger partial charge is 0.354 e. The van der Waals surface area contributed by atoms with Gasteiger partial charge >= 0.3 is 0 Å². The van der Waals surface area contributed by atoms with E-state index in [0.29, 0.717) is 43.2 Å². The molecule has 1 atom stereocenters. The summed E-state index contributed by atoms with van der Waals surface area (Å²) in [4.78, 5) is 31.5. The molecule has 2 heterocycles. The second-order valence-electron chi connectivity index (χ2n) is 7.12. The fraction of sp³-hybridized carbons (Fsp3) is 0.500. The molecule has 1 N–H and O–H groups in total. The molecule has 2 amide bonds. The quantitative estimate of drug-likeness (QED) is 0.844. The molecule has 3 rings (SSSR count). The third-order valence-electron chi connectivity index (χ3n) is 4.73. The van der Waals surface area contributed by atoms with E-state index < -0.39 is 6.04 Å². The molecular weight excluding hydrogens is 344 g/mol. The van der Waals surface area contributed by atoms with Crippen molar-refractivity contribution in [1.82, 2.24) is 20.4 Å². The van der Waals surface area contributed by atoms with E-state index in [1.165, 1.54) is 0 Å². The number of piperidine rings is 1. The van der Waals surface area contributed by atoms with E-state index in [0.717, 1.165) is 12.8 Å². The van der Waals surface area contributed by atoms with Gasteiger partial charge in [-0.25, -0.2) is 0 Å². The predicted octanol–water partition coefficient (Wildman–Crippen LogP) is 2.55. The fourth-order valence-corrected chi connectivity index (χ4v) is 3.21. The summed E-state index contributed by atoms with van der Waals surface area (Å²) in [5, 5.41) is 6.84. The zero-order valence-corrected chi connectivity index (χ0v) is 15.9. The summed E-state index contributed by atoms with van der Waals surface area (Å²) in [6.07, 6.45) is 3.02. The maximum atomic E-state index is 12.8. The first-order chi connectivity index (χ1) is 13.1. The van der Waals surface area contributed by atoms with E-state index in [1.807, 2.05) is 32.0 Å². The molecule has 1 aromatic carbocycles. The first-order valence-electron chi connectivity index (χ1n) is 9.52. The Hall–Kier alpha value is -2.70. The van der Waals surface area contributed by atoms with E-state index in [1.54, 1.807) is 17.0 Å². The smallest absolute Gasteiger partial charge is 0.254 e. The SMILES string of the molecule is CC(C)c1noc(CCNC(=O)[C@H]2CCCCN2C(=O)c2ccccc2)n1. The summed E-state index contributed by atoms with van der Waals surface area (Å²) in [6, 6.07) is 8.69. The Kier molecular flexibility index (Phi) is 6.21. The second kappa shape index (κ2) is 8.79. The molecule has 0 radical (unpaired) electrons. The number of amides is 2. The first kappa shape index (κ1) is 19.1. The number of rotatable bonds is 6. The van der Waals surface area contributed by atoms with Crippen molar-refractivity contribution < 1.29 is 14.1 Å². The van der Waals surface area contributed by atoms with Gasteiger partial charge in [-0.15, -0.1) is 0 Å². The van der Waals surface area contributed by atoms with Gasteiger partial charge in [0.05, 0.1) is 0 Å². The zero-order valence-electron chi connectivity index (χ0n) is 15.9. The Bertz CT molecular complexity index is 773. The molecule has 0 aliphatic carbocycles.